The van der Waals surface area contributed by atoms with Gasteiger partial charge in [-0.3, -0.25) is 4.79 Å². The predicted octanol–water partition coefficient (Wildman–Crippen LogP) is 3.22. The van der Waals surface area contributed by atoms with Crippen LogP contribution in [-0.2, 0) is 9.22 Å². The molecule has 0 amide bonds. The zero-order valence-corrected chi connectivity index (χ0v) is 11.7. The molecule has 0 saturated heterocycles. The molecule has 0 aromatic heterocycles. The van der Waals surface area contributed by atoms with Gasteiger partial charge in [-0.1, -0.05) is 18.2 Å². The summed E-state index contributed by atoms with van der Waals surface area (Å²) in [6.45, 7) is 6.56. The van der Waals surface area contributed by atoms with E-state index >= 15 is 0 Å². The lowest BCUT2D eigenvalue weighted by atomic mass is 10.3. The molecule has 0 fully saturated rings. The van der Waals surface area contributed by atoms with Crippen molar-refractivity contribution in [2.75, 3.05) is 6.61 Å². The summed E-state index contributed by atoms with van der Waals surface area (Å²) in [7, 11) is -1.73. The van der Waals surface area contributed by atoms with Crippen molar-refractivity contribution >= 4 is 14.3 Å². The minimum Gasteiger partial charge on any atom is -0.520 e. The molecule has 0 radical (unpaired) electrons. The third kappa shape index (κ3) is 6.79. The van der Waals surface area contributed by atoms with Crippen LogP contribution >= 0.6 is 0 Å². The van der Waals surface area contributed by atoms with Crippen LogP contribution in [0, 0.1) is 0 Å². The molecule has 1 rings (SSSR count). The highest BCUT2D eigenvalue weighted by Crippen LogP contribution is 2.10. The zero-order chi connectivity index (χ0) is 12.7. The summed E-state index contributed by atoms with van der Waals surface area (Å²) < 4.78 is 10.8. The van der Waals surface area contributed by atoms with Crippen molar-refractivity contribution in [3.05, 3.63) is 30.3 Å². The number of carbonyl (C=O) groups is 1. The Morgan fingerprint density at radius 1 is 1.18 bits per heavy atom. The van der Waals surface area contributed by atoms with E-state index in [4.69, 9.17) is 9.16 Å². The van der Waals surface area contributed by atoms with Gasteiger partial charge in [0.05, 0.1) is 6.61 Å². The maximum atomic E-state index is 11.4. The van der Waals surface area contributed by atoms with Gasteiger partial charge in [0.15, 0.2) is 0 Å². The van der Waals surface area contributed by atoms with Gasteiger partial charge in [-0.2, -0.15) is 0 Å². The Morgan fingerprint density at radius 2 is 1.82 bits per heavy atom. The maximum Gasteiger partial charge on any atom is 0.292 e. The Hall–Kier alpha value is -1.29. The Kier molecular flexibility index (Phi) is 5.22. The highest BCUT2D eigenvalue weighted by molar-refractivity contribution is 6.71. The predicted molar refractivity (Wildman–Crippen MR) is 70.6 cm³/mol. The van der Waals surface area contributed by atoms with Crippen LogP contribution in [0.1, 0.15) is 12.8 Å². The van der Waals surface area contributed by atoms with Crippen LogP contribution in [0.25, 0.3) is 0 Å². The van der Waals surface area contributed by atoms with Crippen molar-refractivity contribution in [3.63, 3.8) is 0 Å². The quantitative estimate of drug-likeness (QED) is 0.576. The topological polar surface area (TPSA) is 35.5 Å². The van der Waals surface area contributed by atoms with Crippen LogP contribution in [0.4, 0.5) is 0 Å². The van der Waals surface area contributed by atoms with E-state index in [0.29, 0.717) is 19.4 Å². The van der Waals surface area contributed by atoms with E-state index in [0.717, 1.165) is 5.75 Å². The van der Waals surface area contributed by atoms with Crippen molar-refractivity contribution in [2.24, 2.45) is 0 Å². The molecule has 0 aliphatic carbocycles. The van der Waals surface area contributed by atoms with Crippen molar-refractivity contribution < 1.29 is 14.0 Å². The van der Waals surface area contributed by atoms with Gasteiger partial charge in [0.25, 0.3) is 5.97 Å². The van der Waals surface area contributed by atoms with E-state index in [1.54, 1.807) is 0 Å². The third-order valence-electron chi connectivity index (χ3n) is 1.96. The van der Waals surface area contributed by atoms with Gasteiger partial charge in [0.1, 0.15) is 5.75 Å². The highest BCUT2D eigenvalue weighted by Gasteiger charge is 2.19. The SMILES string of the molecule is C[Si](C)(C)OC(=O)CCCOc1ccccc1. The van der Waals surface area contributed by atoms with Gasteiger partial charge in [-0.05, 0) is 38.2 Å². The zero-order valence-electron chi connectivity index (χ0n) is 10.7. The van der Waals surface area contributed by atoms with Crippen molar-refractivity contribution in [2.45, 2.75) is 32.5 Å². The van der Waals surface area contributed by atoms with E-state index in [1.165, 1.54) is 0 Å². The Morgan fingerprint density at radius 3 is 2.41 bits per heavy atom. The van der Waals surface area contributed by atoms with Crippen LogP contribution in [0.2, 0.25) is 19.6 Å². The normalized spacial score (nSPS) is 11.0. The molecule has 17 heavy (non-hydrogen) atoms. The van der Waals surface area contributed by atoms with Crippen molar-refractivity contribution in [1.82, 2.24) is 0 Å². The smallest absolute Gasteiger partial charge is 0.292 e. The molecule has 3 nitrogen and oxygen atoms in total. The van der Waals surface area contributed by atoms with E-state index in [-0.39, 0.29) is 5.97 Å². The van der Waals surface area contributed by atoms with E-state index in [1.807, 2.05) is 50.0 Å². The summed E-state index contributed by atoms with van der Waals surface area (Å²) in [6, 6.07) is 9.60. The summed E-state index contributed by atoms with van der Waals surface area (Å²) in [4.78, 5) is 11.4. The number of ether oxygens (including phenoxy) is 1. The van der Waals surface area contributed by atoms with E-state index < -0.39 is 8.32 Å². The summed E-state index contributed by atoms with van der Waals surface area (Å²) in [5, 5.41) is 0. The number of rotatable bonds is 6. The van der Waals surface area contributed by atoms with Crippen LogP contribution in [0.15, 0.2) is 30.3 Å². The lowest BCUT2D eigenvalue weighted by molar-refractivity contribution is -0.135. The molecule has 0 heterocycles. The number of benzene rings is 1. The fourth-order valence-electron chi connectivity index (χ4n) is 1.32. The minimum atomic E-state index is -1.73. The Balaban J connectivity index is 2.14. The first kappa shape index (κ1) is 13.8. The van der Waals surface area contributed by atoms with Crippen LogP contribution in [0.3, 0.4) is 0 Å². The maximum absolute atomic E-state index is 11.4. The van der Waals surface area contributed by atoms with Crippen LogP contribution in [-0.4, -0.2) is 20.9 Å². The highest BCUT2D eigenvalue weighted by atomic mass is 28.4. The molecule has 0 spiro atoms. The van der Waals surface area contributed by atoms with Gasteiger partial charge in [0.2, 0.25) is 8.32 Å². The molecule has 94 valence electrons. The van der Waals surface area contributed by atoms with Crippen LogP contribution < -0.4 is 4.74 Å². The van der Waals surface area contributed by atoms with Gasteiger partial charge >= 0.3 is 0 Å². The average molecular weight is 252 g/mol. The molecule has 0 N–H and O–H groups in total. The molecule has 1 aromatic rings. The average Bonchev–Trinajstić information content (AvgIpc) is 2.23. The molecule has 0 aliphatic rings. The molecular formula is C13H20O3Si. The molecule has 1 aromatic carbocycles. The minimum absolute atomic E-state index is 0.110. The first-order valence-corrected chi connectivity index (χ1v) is 9.28. The van der Waals surface area contributed by atoms with Gasteiger partial charge in [0, 0.05) is 6.42 Å². The van der Waals surface area contributed by atoms with Gasteiger partial charge in [-0.25, -0.2) is 0 Å². The molecule has 0 bridgehead atoms. The lowest BCUT2D eigenvalue weighted by Crippen LogP contribution is -2.29. The number of hydrogen-bond acceptors (Lipinski definition) is 3. The summed E-state index contributed by atoms with van der Waals surface area (Å²) in [5.74, 6) is 0.729. The van der Waals surface area contributed by atoms with E-state index in [9.17, 15) is 4.79 Å². The first-order chi connectivity index (χ1) is 7.97. The van der Waals surface area contributed by atoms with Crippen molar-refractivity contribution in [1.29, 1.82) is 0 Å². The largest absolute Gasteiger partial charge is 0.520 e. The van der Waals surface area contributed by atoms with Crippen molar-refractivity contribution in [3.8, 4) is 5.75 Å². The Bertz CT molecular complexity index is 343. The number of hydrogen-bond donors (Lipinski definition) is 0. The molecular weight excluding hydrogens is 232 g/mol. The summed E-state index contributed by atoms with van der Waals surface area (Å²) >= 11 is 0. The fraction of sp³-hybridized carbons (Fsp3) is 0.462. The molecule has 0 saturated carbocycles. The fourth-order valence-corrected chi connectivity index (χ4v) is 2.10. The Labute approximate surface area is 104 Å². The molecule has 4 heteroatoms. The lowest BCUT2D eigenvalue weighted by Gasteiger charge is -2.17. The van der Waals surface area contributed by atoms with Crippen LogP contribution in [0.5, 0.6) is 5.75 Å². The molecule has 0 aliphatic heterocycles. The number of para-hydroxylation sites is 1. The second-order valence-corrected chi connectivity index (χ2v) is 9.28. The monoisotopic (exact) mass is 252 g/mol. The van der Waals surface area contributed by atoms with Gasteiger partial charge in [-0.15, -0.1) is 0 Å². The van der Waals surface area contributed by atoms with E-state index in [2.05, 4.69) is 0 Å². The summed E-state index contributed by atoms with van der Waals surface area (Å²) in [5.41, 5.74) is 0. The summed E-state index contributed by atoms with van der Waals surface area (Å²) in [6.07, 6.45) is 1.12. The van der Waals surface area contributed by atoms with Gasteiger partial charge < -0.3 is 9.16 Å². The molecule has 0 unspecified atom stereocenters. The number of carbonyl (C=O) groups excluding carboxylic acids is 1. The second-order valence-electron chi connectivity index (χ2n) is 4.85. The third-order valence-corrected chi connectivity index (χ3v) is 2.80. The first-order valence-electron chi connectivity index (χ1n) is 5.87. The second kappa shape index (κ2) is 6.44. The molecule has 0 atom stereocenters. The standard InChI is InChI=1S/C13H20O3Si/c1-17(2,3)16-13(14)10-7-11-15-12-8-5-4-6-9-12/h4-6,8-9H,7,10-11H2,1-3H3.